The maximum absolute atomic E-state index is 12.7. The summed E-state index contributed by atoms with van der Waals surface area (Å²) in [5.41, 5.74) is 0.715. The van der Waals surface area contributed by atoms with Crippen molar-refractivity contribution in [2.24, 2.45) is 16.3 Å². The van der Waals surface area contributed by atoms with E-state index in [0.717, 1.165) is 43.5 Å². The van der Waals surface area contributed by atoms with Crippen molar-refractivity contribution >= 4 is 31.3 Å². The number of aliphatic imine (C=N–C) groups is 1. The molecule has 2 aliphatic carbocycles. The molecule has 4 unspecified atom stereocenters. The molecule has 32 heavy (non-hydrogen) atoms. The van der Waals surface area contributed by atoms with Gasteiger partial charge >= 0.3 is 0 Å². The van der Waals surface area contributed by atoms with Gasteiger partial charge < -0.3 is 14.2 Å². The Morgan fingerprint density at radius 2 is 2.00 bits per heavy atom. The third-order valence-corrected chi connectivity index (χ3v) is 9.88. The maximum Gasteiger partial charge on any atom is 0.159 e. The number of allylic oxidation sites excluding steroid dienone is 2. The molecule has 4 atom stereocenters. The Kier molecular flexibility index (Phi) is 7.29. The van der Waals surface area contributed by atoms with Crippen LogP contribution >= 0.6 is 11.8 Å². The zero-order chi connectivity index (χ0) is 22.8. The van der Waals surface area contributed by atoms with E-state index in [0.29, 0.717) is 6.42 Å². The number of benzene rings is 1. The molecule has 0 amide bonds. The van der Waals surface area contributed by atoms with Crippen LogP contribution in [0, 0.1) is 11.3 Å². The standard InChI is InChI=1S/C25H35NO4SSi/c1-28-21-16-18(27)15-20-23(31-19-9-6-5-7-10-19)22(24-25(20,21)11-8-12-26-24)30-17-29-13-14-32(2,3)4/h5-7,9-10,16,20,22-23H,8,11-15,17H2,1-4H3. The molecule has 1 fully saturated rings. The Labute approximate surface area is 197 Å². The first-order valence-electron chi connectivity index (χ1n) is 11.6. The SMILES string of the molecule is COC1=CC(=O)CC2C(Sc3ccccc3)C(OCOCC[Si](C)(C)C)C3=NCCCC132. The van der Waals surface area contributed by atoms with E-state index in [1.54, 1.807) is 24.9 Å². The number of carbonyl (C=O) groups is 1. The van der Waals surface area contributed by atoms with E-state index >= 15 is 0 Å². The highest BCUT2D eigenvalue weighted by Gasteiger charge is 2.63. The van der Waals surface area contributed by atoms with Gasteiger partial charge in [0.2, 0.25) is 0 Å². The highest BCUT2D eigenvalue weighted by Crippen LogP contribution is 2.59. The molecule has 174 valence electrons. The van der Waals surface area contributed by atoms with Crippen LogP contribution in [-0.2, 0) is 19.0 Å². The lowest BCUT2D eigenvalue weighted by molar-refractivity contribution is -0.117. The van der Waals surface area contributed by atoms with Crippen molar-refractivity contribution in [3.8, 4) is 0 Å². The van der Waals surface area contributed by atoms with Gasteiger partial charge in [-0.3, -0.25) is 9.79 Å². The first kappa shape index (κ1) is 23.7. The molecule has 0 radical (unpaired) electrons. The minimum atomic E-state index is -1.15. The van der Waals surface area contributed by atoms with Gasteiger partial charge in [0, 0.05) is 43.9 Å². The molecule has 7 heteroatoms. The molecule has 1 saturated carbocycles. The summed E-state index contributed by atoms with van der Waals surface area (Å²) < 4.78 is 18.2. The molecular formula is C25H35NO4SSi. The van der Waals surface area contributed by atoms with Crippen LogP contribution in [0.15, 0.2) is 52.1 Å². The molecule has 1 spiro atoms. The Morgan fingerprint density at radius 1 is 1.22 bits per heavy atom. The van der Waals surface area contributed by atoms with Crippen LogP contribution in [0.4, 0.5) is 0 Å². The smallest absolute Gasteiger partial charge is 0.159 e. The van der Waals surface area contributed by atoms with Gasteiger partial charge in [-0.2, -0.15) is 0 Å². The summed E-state index contributed by atoms with van der Waals surface area (Å²) in [6.07, 6.45) is 3.96. The Bertz CT molecular complexity index is 882. The molecule has 5 nitrogen and oxygen atoms in total. The second kappa shape index (κ2) is 9.83. The normalized spacial score (nSPS) is 29.8. The van der Waals surface area contributed by atoms with Crippen molar-refractivity contribution in [3.63, 3.8) is 0 Å². The number of carbonyl (C=O) groups excluding carboxylic acids is 1. The molecule has 1 aromatic rings. The average molecular weight is 474 g/mol. The number of methoxy groups -OCH3 is 1. The number of thioether (sulfide) groups is 1. The molecule has 0 saturated heterocycles. The minimum absolute atomic E-state index is 0.0811. The number of rotatable bonds is 9. The summed E-state index contributed by atoms with van der Waals surface area (Å²) in [5.74, 6) is 1.00. The van der Waals surface area contributed by atoms with Crippen molar-refractivity contribution in [1.29, 1.82) is 0 Å². The molecule has 0 N–H and O–H groups in total. The summed E-state index contributed by atoms with van der Waals surface area (Å²) in [7, 11) is 0.527. The number of nitrogens with zero attached hydrogens (tertiary/aromatic N) is 1. The van der Waals surface area contributed by atoms with Crippen LogP contribution in [0.1, 0.15) is 19.3 Å². The lowest BCUT2D eigenvalue weighted by Gasteiger charge is -2.41. The van der Waals surface area contributed by atoms with Crippen molar-refractivity contribution in [2.45, 2.75) is 61.2 Å². The average Bonchev–Trinajstić information content (AvgIpc) is 3.02. The molecule has 1 heterocycles. The molecule has 1 aliphatic heterocycles. The quantitative estimate of drug-likeness (QED) is 0.280. The van der Waals surface area contributed by atoms with E-state index < -0.39 is 8.07 Å². The van der Waals surface area contributed by atoms with Gasteiger partial charge in [0.05, 0.1) is 18.2 Å². The van der Waals surface area contributed by atoms with Crippen molar-refractivity contribution in [3.05, 3.63) is 42.2 Å². The lowest BCUT2D eigenvalue weighted by Crippen LogP contribution is -2.43. The largest absolute Gasteiger partial charge is 0.500 e. The lowest BCUT2D eigenvalue weighted by atomic mass is 9.66. The molecule has 1 aromatic carbocycles. The van der Waals surface area contributed by atoms with Gasteiger partial charge in [0.1, 0.15) is 18.7 Å². The van der Waals surface area contributed by atoms with Gasteiger partial charge in [-0.1, -0.05) is 37.8 Å². The third-order valence-electron chi connectivity index (χ3n) is 6.78. The number of ketones is 1. The summed E-state index contributed by atoms with van der Waals surface area (Å²) in [6, 6.07) is 11.5. The van der Waals surface area contributed by atoms with E-state index in [-0.39, 0.29) is 35.3 Å². The molecule has 0 aromatic heterocycles. The van der Waals surface area contributed by atoms with Crippen LogP contribution in [0.2, 0.25) is 25.7 Å². The zero-order valence-electron chi connectivity index (χ0n) is 19.6. The van der Waals surface area contributed by atoms with Gasteiger partial charge in [-0.05, 0) is 36.9 Å². The van der Waals surface area contributed by atoms with Gasteiger partial charge in [0.25, 0.3) is 0 Å². The summed E-state index contributed by atoms with van der Waals surface area (Å²) in [5, 5.41) is 0.0811. The topological polar surface area (TPSA) is 57.1 Å². The molecular weight excluding hydrogens is 438 g/mol. The Hall–Kier alpha value is -1.41. The summed E-state index contributed by atoms with van der Waals surface area (Å²) in [6.45, 7) is 8.82. The zero-order valence-corrected chi connectivity index (χ0v) is 21.5. The molecule has 4 rings (SSSR count). The second-order valence-electron chi connectivity index (χ2n) is 10.2. The fourth-order valence-corrected chi connectivity index (χ4v) is 7.45. The Balaban J connectivity index is 1.62. The summed E-state index contributed by atoms with van der Waals surface area (Å²) in [4.78, 5) is 18.9. The van der Waals surface area contributed by atoms with Crippen LogP contribution in [-0.4, -0.2) is 58.0 Å². The highest BCUT2D eigenvalue weighted by atomic mass is 32.2. The number of ether oxygens (including phenoxy) is 3. The van der Waals surface area contributed by atoms with Crippen molar-refractivity contribution < 1.29 is 19.0 Å². The Morgan fingerprint density at radius 3 is 2.72 bits per heavy atom. The predicted octanol–water partition coefficient (Wildman–Crippen LogP) is 5.20. The first-order valence-corrected chi connectivity index (χ1v) is 16.2. The minimum Gasteiger partial charge on any atom is -0.500 e. The van der Waals surface area contributed by atoms with E-state index in [2.05, 4.69) is 43.9 Å². The monoisotopic (exact) mass is 473 g/mol. The van der Waals surface area contributed by atoms with E-state index in [4.69, 9.17) is 19.2 Å². The van der Waals surface area contributed by atoms with Gasteiger partial charge in [0.15, 0.2) is 5.78 Å². The van der Waals surface area contributed by atoms with Crippen LogP contribution < -0.4 is 0 Å². The third kappa shape index (κ3) is 4.76. The van der Waals surface area contributed by atoms with E-state index in [1.165, 1.54) is 4.90 Å². The van der Waals surface area contributed by atoms with Gasteiger partial charge in [-0.15, -0.1) is 11.8 Å². The predicted molar refractivity (Wildman–Crippen MR) is 132 cm³/mol. The summed E-state index contributed by atoms with van der Waals surface area (Å²) >= 11 is 1.80. The fourth-order valence-electron chi connectivity index (χ4n) is 5.24. The second-order valence-corrected chi connectivity index (χ2v) is 17.0. The van der Waals surface area contributed by atoms with E-state index in [1.807, 2.05) is 6.07 Å². The molecule has 3 aliphatic rings. The highest BCUT2D eigenvalue weighted by molar-refractivity contribution is 8.00. The van der Waals surface area contributed by atoms with Crippen LogP contribution in [0.5, 0.6) is 0 Å². The first-order chi connectivity index (χ1) is 15.3. The molecule has 0 bridgehead atoms. The number of hydrogen-bond donors (Lipinski definition) is 0. The maximum atomic E-state index is 12.7. The van der Waals surface area contributed by atoms with Crippen molar-refractivity contribution in [2.75, 3.05) is 27.1 Å². The van der Waals surface area contributed by atoms with Crippen molar-refractivity contribution in [1.82, 2.24) is 0 Å². The van der Waals surface area contributed by atoms with Crippen LogP contribution in [0.25, 0.3) is 0 Å². The van der Waals surface area contributed by atoms with Gasteiger partial charge in [-0.25, -0.2) is 0 Å². The van der Waals surface area contributed by atoms with E-state index in [9.17, 15) is 4.79 Å². The fraction of sp³-hybridized carbons (Fsp3) is 0.600. The van der Waals surface area contributed by atoms with Crippen LogP contribution in [0.3, 0.4) is 0 Å². The number of hydrogen-bond acceptors (Lipinski definition) is 6.